The van der Waals surface area contributed by atoms with Crippen molar-refractivity contribution in [2.45, 2.75) is 32.7 Å². The molecule has 0 aliphatic carbocycles. The Hall–Kier alpha value is -2.96. The third-order valence-electron chi connectivity index (χ3n) is 5.45. The standard InChI is InChI=1S/C23H27F2N3O2/c1-3-26-23(30)28-13-18(17-7-8-21(25)15(2)9-17)11-19(14-28)22(29)27-12-16-5-4-6-20(24)10-16/h4-10,18-19H,3,11-14H2,1-2H3,(H,26,30)(H,27,29). The van der Waals surface area contributed by atoms with Crippen LogP contribution < -0.4 is 10.6 Å². The number of carbonyl (C=O) groups is 2. The normalized spacial score (nSPS) is 18.7. The van der Waals surface area contributed by atoms with E-state index in [2.05, 4.69) is 10.6 Å². The van der Waals surface area contributed by atoms with Crippen molar-refractivity contribution in [3.05, 3.63) is 70.8 Å². The van der Waals surface area contributed by atoms with Gasteiger partial charge in [0.1, 0.15) is 11.6 Å². The topological polar surface area (TPSA) is 61.4 Å². The summed E-state index contributed by atoms with van der Waals surface area (Å²) in [5.41, 5.74) is 2.12. The van der Waals surface area contributed by atoms with E-state index in [0.717, 1.165) is 5.56 Å². The van der Waals surface area contributed by atoms with E-state index in [0.29, 0.717) is 37.2 Å². The lowest BCUT2D eigenvalue weighted by molar-refractivity contribution is -0.126. The Balaban J connectivity index is 1.75. The lowest BCUT2D eigenvalue weighted by Crippen LogP contribution is -2.51. The van der Waals surface area contributed by atoms with Gasteiger partial charge in [-0.25, -0.2) is 13.6 Å². The van der Waals surface area contributed by atoms with E-state index in [1.165, 1.54) is 18.2 Å². The molecule has 0 aromatic heterocycles. The van der Waals surface area contributed by atoms with Gasteiger partial charge < -0.3 is 15.5 Å². The van der Waals surface area contributed by atoms with E-state index < -0.39 is 5.92 Å². The quantitative estimate of drug-likeness (QED) is 0.782. The number of carbonyl (C=O) groups excluding carboxylic acids is 2. The van der Waals surface area contributed by atoms with Crippen LogP contribution in [-0.2, 0) is 11.3 Å². The molecule has 3 amide bonds. The van der Waals surface area contributed by atoms with E-state index in [1.807, 2.05) is 6.92 Å². The molecule has 0 spiro atoms. The molecule has 1 fully saturated rings. The number of benzene rings is 2. The molecule has 1 saturated heterocycles. The van der Waals surface area contributed by atoms with Crippen molar-refractivity contribution in [2.24, 2.45) is 5.92 Å². The first kappa shape index (κ1) is 21.7. The summed E-state index contributed by atoms with van der Waals surface area (Å²) in [6.07, 6.45) is 0.552. The van der Waals surface area contributed by atoms with E-state index in [-0.39, 0.29) is 36.0 Å². The van der Waals surface area contributed by atoms with E-state index in [9.17, 15) is 18.4 Å². The number of aryl methyl sites for hydroxylation is 1. The summed E-state index contributed by atoms with van der Waals surface area (Å²) in [5.74, 6) is -1.30. The SMILES string of the molecule is CCNC(=O)N1CC(C(=O)NCc2cccc(F)c2)CC(c2ccc(F)c(C)c2)C1. The highest BCUT2D eigenvalue weighted by molar-refractivity contribution is 5.81. The van der Waals surface area contributed by atoms with Gasteiger partial charge in [-0.2, -0.15) is 0 Å². The van der Waals surface area contributed by atoms with Crippen molar-refractivity contribution in [3.63, 3.8) is 0 Å². The fourth-order valence-electron chi connectivity index (χ4n) is 3.86. The number of nitrogens with one attached hydrogen (secondary N) is 2. The maximum Gasteiger partial charge on any atom is 0.317 e. The van der Waals surface area contributed by atoms with Crippen molar-refractivity contribution in [2.75, 3.05) is 19.6 Å². The molecule has 0 bridgehead atoms. The summed E-state index contributed by atoms with van der Waals surface area (Å²) >= 11 is 0. The van der Waals surface area contributed by atoms with Gasteiger partial charge in [-0.05, 0) is 55.2 Å². The van der Waals surface area contributed by atoms with Gasteiger partial charge in [0.05, 0.1) is 5.92 Å². The number of hydrogen-bond donors (Lipinski definition) is 2. The van der Waals surface area contributed by atoms with Crippen molar-refractivity contribution >= 4 is 11.9 Å². The lowest BCUT2D eigenvalue weighted by Gasteiger charge is -2.37. The Labute approximate surface area is 175 Å². The Morgan fingerprint density at radius 2 is 1.90 bits per heavy atom. The number of piperidine rings is 1. The average molecular weight is 415 g/mol. The van der Waals surface area contributed by atoms with Crippen molar-refractivity contribution in [1.29, 1.82) is 0 Å². The van der Waals surface area contributed by atoms with Crippen LogP contribution in [0.25, 0.3) is 0 Å². The van der Waals surface area contributed by atoms with E-state index in [1.54, 1.807) is 36.1 Å². The van der Waals surface area contributed by atoms with Crippen LogP contribution in [0.1, 0.15) is 36.0 Å². The highest BCUT2D eigenvalue weighted by Gasteiger charge is 2.34. The minimum Gasteiger partial charge on any atom is -0.352 e. The zero-order valence-corrected chi connectivity index (χ0v) is 17.3. The van der Waals surface area contributed by atoms with Crippen LogP contribution in [0.3, 0.4) is 0 Å². The summed E-state index contributed by atoms with van der Waals surface area (Å²) in [5, 5.41) is 5.64. The van der Waals surface area contributed by atoms with Crippen LogP contribution in [0.4, 0.5) is 13.6 Å². The van der Waals surface area contributed by atoms with Crippen LogP contribution in [0, 0.1) is 24.5 Å². The molecular formula is C23H27F2N3O2. The predicted molar refractivity (Wildman–Crippen MR) is 111 cm³/mol. The van der Waals surface area contributed by atoms with E-state index in [4.69, 9.17) is 0 Å². The number of urea groups is 1. The molecule has 0 radical (unpaired) electrons. The number of rotatable bonds is 5. The van der Waals surface area contributed by atoms with Gasteiger partial charge in [-0.15, -0.1) is 0 Å². The summed E-state index contributed by atoms with van der Waals surface area (Å²) < 4.78 is 27.1. The Morgan fingerprint density at radius 1 is 1.10 bits per heavy atom. The largest absolute Gasteiger partial charge is 0.352 e. The monoisotopic (exact) mass is 415 g/mol. The molecule has 30 heavy (non-hydrogen) atoms. The molecular weight excluding hydrogens is 388 g/mol. The molecule has 1 aliphatic rings. The molecule has 5 nitrogen and oxygen atoms in total. The molecule has 0 saturated carbocycles. The zero-order valence-electron chi connectivity index (χ0n) is 17.3. The maximum absolute atomic E-state index is 13.7. The van der Waals surface area contributed by atoms with Gasteiger partial charge in [-0.1, -0.05) is 24.3 Å². The van der Waals surface area contributed by atoms with Crippen molar-refractivity contribution in [3.8, 4) is 0 Å². The molecule has 7 heteroatoms. The molecule has 2 N–H and O–H groups in total. The molecule has 2 aromatic rings. The lowest BCUT2D eigenvalue weighted by atomic mass is 9.83. The highest BCUT2D eigenvalue weighted by Crippen LogP contribution is 2.31. The van der Waals surface area contributed by atoms with Crippen LogP contribution in [0.5, 0.6) is 0 Å². The van der Waals surface area contributed by atoms with Crippen molar-refractivity contribution < 1.29 is 18.4 Å². The van der Waals surface area contributed by atoms with Gasteiger partial charge in [0.25, 0.3) is 0 Å². The van der Waals surface area contributed by atoms with Crippen LogP contribution >= 0.6 is 0 Å². The van der Waals surface area contributed by atoms with Crippen LogP contribution in [-0.4, -0.2) is 36.5 Å². The minimum absolute atomic E-state index is 0.0782. The molecule has 160 valence electrons. The Morgan fingerprint density at radius 3 is 2.60 bits per heavy atom. The summed E-state index contributed by atoms with van der Waals surface area (Å²) in [7, 11) is 0. The Bertz CT molecular complexity index is 919. The number of hydrogen-bond acceptors (Lipinski definition) is 2. The second kappa shape index (κ2) is 9.69. The van der Waals surface area contributed by atoms with Gasteiger partial charge >= 0.3 is 6.03 Å². The molecule has 3 rings (SSSR count). The van der Waals surface area contributed by atoms with Gasteiger partial charge in [0, 0.05) is 32.1 Å². The maximum atomic E-state index is 13.7. The fraction of sp³-hybridized carbons (Fsp3) is 0.391. The zero-order chi connectivity index (χ0) is 21.7. The van der Waals surface area contributed by atoms with Gasteiger partial charge in [-0.3, -0.25) is 4.79 Å². The summed E-state index contributed by atoms with van der Waals surface area (Å²) in [4.78, 5) is 27.0. The second-order valence-electron chi connectivity index (χ2n) is 7.73. The van der Waals surface area contributed by atoms with Crippen molar-refractivity contribution in [1.82, 2.24) is 15.5 Å². The predicted octanol–water partition coefficient (Wildman–Crippen LogP) is 3.72. The molecule has 2 atom stereocenters. The first-order chi connectivity index (χ1) is 14.4. The average Bonchev–Trinajstić information content (AvgIpc) is 2.74. The number of halogens is 2. The Kier molecular flexibility index (Phi) is 7.03. The highest BCUT2D eigenvalue weighted by atomic mass is 19.1. The van der Waals surface area contributed by atoms with Crippen LogP contribution in [0.15, 0.2) is 42.5 Å². The number of likely N-dealkylation sites (tertiary alicyclic amines) is 1. The third kappa shape index (κ3) is 5.34. The van der Waals surface area contributed by atoms with Gasteiger partial charge in [0.15, 0.2) is 0 Å². The molecule has 2 unspecified atom stereocenters. The molecule has 1 aliphatic heterocycles. The third-order valence-corrected chi connectivity index (χ3v) is 5.45. The minimum atomic E-state index is -0.412. The first-order valence-corrected chi connectivity index (χ1v) is 10.2. The number of nitrogens with zero attached hydrogens (tertiary/aromatic N) is 1. The smallest absolute Gasteiger partial charge is 0.317 e. The van der Waals surface area contributed by atoms with Crippen LogP contribution in [0.2, 0.25) is 0 Å². The number of amides is 3. The van der Waals surface area contributed by atoms with Gasteiger partial charge in [0.2, 0.25) is 5.91 Å². The molecule has 1 heterocycles. The second-order valence-corrected chi connectivity index (χ2v) is 7.73. The summed E-state index contributed by atoms with van der Waals surface area (Å²) in [6, 6.07) is 10.8. The molecule has 2 aromatic carbocycles. The summed E-state index contributed by atoms with van der Waals surface area (Å²) in [6.45, 7) is 5.01. The first-order valence-electron chi connectivity index (χ1n) is 10.2. The fourth-order valence-corrected chi connectivity index (χ4v) is 3.86. The van der Waals surface area contributed by atoms with E-state index >= 15 is 0 Å².